The Bertz CT molecular complexity index is 1060. The molecule has 1 atom stereocenters. The number of piperidine rings is 1. The minimum Gasteiger partial charge on any atom is -0.379 e. The van der Waals surface area contributed by atoms with E-state index in [0.29, 0.717) is 25.2 Å². The summed E-state index contributed by atoms with van der Waals surface area (Å²) in [5.74, 6) is 0.122. The van der Waals surface area contributed by atoms with Crippen molar-refractivity contribution in [3.8, 4) is 0 Å². The molecule has 9 heteroatoms. The number of nitrogens with one attached hydrogen (secondary N) is 1. The van der Waals surface area contributed by atoms with Gasteiger partial charge in [0.15, 0.2) is 0 Å². The number of hydrogen-bond donors (Lipinski definition) is 1. The monoisotopic (exact) mass is 531 g/mol. The Labute approximate surface area is 224 Å². The summed E-state index contributed by atoms with van der Waals surface area (Å²) in [6, 6.07) is 9.89. The van der Waals surface area contributed by atoms with Gasteiger partial charge >= 0.3 is 6.18 Å². The Hall–Kier alpha value is -2.81. The highest BCUT2D eigenvalue weighted by Gasteiger charge is 2.31. The number of carbonyl (C=O) groups is 1. The number of amides is 1. The van der Waals surface area contributed by atoms with Crippen molar-refractivity contribution in [1.29, 1.82) is 0 Å². The molecule has 38 heavy (non-hydrogen) atoms. The van der Waals surface area contributed by atoms with Crippen molar-refractivity contribution in [2.45, 2.75) is 64.1 Å². The number of benzene rings is 1. The van der Waals surface area contributed by atoms with E-state index in [9.17, 15) is 18.0 Å². The molecular weight excluding hydrogens is 491 g/mol. The van der Waals surface area contributed by atoms with Gasteiger partial charge in [-0.2, -0.15) is 13.2 Å². The van der Waals surface area contributed by atoms with Gasteiger partial charge < -0.3 is 15.1 Å². The highest BCUT2D eigenvalue weighted by Crippen LogP contribution is 2.30. The Morgan fingerprint density at radius 2 is 1.71 bits per heavy atom. The second kappa shape index (κ2) is 11.9. The lowest BCUT2D eigenvalue weighted by Gasteiger charge is -2.36. The molecule has 1 amide bonds. The van der Waals surface area contributed by atoms with Crippen molar-refractivity contribution in [1.82, 2.24) is 14.8 Å². The molecule has 2 aliphatic rings. The second-order valence-electron chi connectivity index (χ2n) is 11.5. The SMILES string of the molecule is CC(C)(C)c1ccc(N2CCN(CCCC(=O)N3CCCC(Nc4cncc(C(F)(F)F)c4)C3)CC2)cc1. The average Bonchev–Trinajstić information content (AvgIpc) is 2.88. The summed E-state index contributed by atoms with van der Waals surface area (Å²) >= 11 is 0. The van der Waals surface area contributed by atoms with Crippen molar-refractivity contribution in [2.24, 2.45) is 0 Å². The molecule has 0 spiro atoms. The summed E-state index contributed by atoms with van der Waals surface area (Å²) in [6.45, 7) is 12.7. The van der Waals surface area contributed by atoms with Gasteiger partial charge in [-0.3, -0.25) is 14.7 Å². The summed E-state index contributed by atoms with van der Waals surface area (Å²) in [6.07, 6.45) is 0.738. The van der Waals surface area contributed by atoms with Crippen LogP contribution in [-0.4, -0.2) is 72.5 Å². The van der Waals surface area contributed by atoms with E-state index in [0.717, 1.165) is 64.2 Å². The summed E-state index contributed by atoms with van der Waals surface area (Å²) in [7, 11) is 0. The minimum absolute atomic E-state index is 0.0801. The van der Waals surface area contributed by atoms with Crippen molar-refractivity contribution in [3.63, 3.8) is 0 Å². The quantitative estimate of drug-likeness (QED) is 0.518. The molecule has 3 heterocycles. The van der Waals surface area contributed by atoms with Crippen molar-refractivity contribution in [3.05, 3.63) is 53.9 Å². The maximum Gasteiger partial charge on any atom is 0.417 e. The maximum absolute atomic E-state index is 13.0. The highest BCUT2D eigenvalue weighted by molar-refractivity contribution is 5.76. The van der Waals surface area contributed by atoms with E-state index in [4.69, 9.17) is 0 Å². The van der Waals surface area contributed by atoms with Gasteiger partial charge in [0.05, 0.1) is 11.3 Å². The summed E-state index contributed by atoms with van der Waals surface area (Å²) < 4.78 is 39.0. The van der Waals surface area contributed by atoms with Gasteiger partial charge in [-0.05, 0) is 55.0 Å². The lowest BCUT2D eigenvalue weighted by atomic mass is 9.87. The van der Waals surface area contributed by atoms with Gasteiger partial charge in [0.2, 0.25) is 5.91 Å². The Balaban J connectivity index is 1.18. The molecule has 1 aromatic heterocycles. The number of rotatable bonds is 7. The van der Waals surface area contributed by atoms with Crippen LogP contribution < -0.4 is 10.2 Å². The van der Waals surface area contributed by atoms with Gasteiger partial charge in [0, 0.05) is 69.8 Å². The first-order valence-electron chi connectivity index (χ1n) is 13.6. The molecular formula is C29H40F3N5O. The van der Waals surface area contributed by atoms with E-state index in [1.165, 1.54) is 17.4 Å². The second-order valence-corrected chi connectivity index (χ2v) is 11.5. The van der Waals surface area contributed by atoms with Crippen molar-refractivity contribution < 1.29 is 18.0 Å². The van der Waals surface area contributed by atoms with Crippen LogP contribution in [0.2, 0.25) is 0 Å². The number of nitrogens with zero attached hydrogens (tertiary/aromatic N) is 4. The lowest BCUT2D eigenvalue weighted by Crippen LogP contribution is -2.47. The average molecular weight is 532 g/mol. The molecule has 0 radical (unpaired) electrons. The van der Waals surface area contributed by atoms with Gasteiger partial charge in [-0.1, -0.05) is 32.9 Å². The third-order valence-electron chi connectivity index (χ3n) is 7.55. The molecule has 0 saturated carbocycles. The number of hydrogen-bond acceptors (Lipinski definition) is 5. The number of carbonyl (C=O) groups excluding carboxylic acids is 1. The van der Waals surface area contributed by atoms with E-state index >= 15 is 0 Å². The van der Waals surface area contributed by atoms with Crippen LogP contribution in [0.3, 0.4) is 0 Å². The molecule has 2 fully saturated rings. The van der Waals surface area contributed by atoms with Crippen LogP contribution in [0.25, 0.3) is 0 Å². The van der Waals surface area contributed by atoms with E-state index < -0.39 is 11.7 Å². The number of anilines is 2. The summed E-state index contributed by atoms with van der Waals surface area (Å²) in [5, 5.41) is 3.14. The molecule has 0 bridgehead atoms. The van der Waals surface area contributed by atoms with Crippen molar-refractivity contribution in [2.75, 3.05) is 56.0 Å². The van der Waals surface area contributed by atoms with Gasteiger partial charge in [0.25, 0.3) is 0 Å². The van der Waals surface area contributed by atoms with Crippen LogP contribution in [0, 0.1) is 0 Å². The van der Waals surface area contributed by atoms with E-state index in [-0.39, 0.29) is 17.4 Å². The zero-order valence-electron chi connectivity index (χ0n) is 22.7. The molecule has 1 unspecified atom stereocenters. The molecule has 0 aliphatic carbocycles. The highest BCUT2D eigenvalue weighted by atomic mass is 19.4. The molecule has 6 nitrogen and oxygen atoms in total. The number of aromatic nitrogens is 1. The fourth-order valence-electron chi connectivity index (χ4n) is 5.25. The third kappa shape index (κ3) is 7.62. The van der Waals surface area contributed by atoms with Crippen LogP contribution >= 0.6 is 0 Å². The molecule has 208 valence electrons. The number of likely N-dealkylation sites (tertiary alicyclic amines) is 1. The Morgan fingerprint density at radius 3 is 2.37 bits per heavy atom. The molecule has 1 N–H and O–H groups in total. The van der Waals surface area contributed by atoms with Crippen molar-refractivity contribution >= 4 is 17.3 Å². The maximum atomic E-state index is 13.0. The normalized spacial score (nSPS) is 19.5. The topological polar surface area (TPSA) is 51.7 Å². The first kappa shape index (κ1) is 28.2. The van der Waals surface area contributed by atoms with Crippen LogP contribution in [-0.2, 0) is 16.4 Å². The molecule has 2 saturated heterocycles. The standard InChI is InChI=1S/C29H40F3N5O/c1-28(2,3)22-8-10-26(11-9-22)36-16-14-35(15-17-36)12-5-7-27(38)37-13-4-6-24(21-37)34-25-18-23(19-33-20-25)29(30,31)32/h8-11,18-20,24,34H,4-7,12-17,21H2,1-3H3. The first-order chi connectivity index (χ1) is 18.0. The predicted octanol–water partition coefficient (Wildman–Crippen LogP) is 5.40. The van der Waals surface area contributed by atoms with Crippen LogP contribution in [0.4, 0.5) is 24.5 Å². The van der Waals surface area contributed by atoms with Gasteiger partial charge in [0.1, 0.15) is 0 Å². The molecule has 1 aromatic carbocycles. The molecule has 4 rings (SSSR count). The first-order valence-corrected chi connectivity index (χ1v) is 13.6. The zero-order valence-corrected chi connectivity index (χ0v) is 22.7. The van der Waals surface area contributed by atoms with Gasteiger partial charge in [-0.25, -0.2) is 0 Å². The van der Waals surface area contributed by atoms with Crippen LogP contribution in [0.1, 0.15) is 57.6 Å². The third-order valence-corrected chi connectivity index (χ3v) is 7.55. The van der Waals surface area contributed by atoms with Gasteiger partial charge in [-0.15, -0.1) is 0 Å². The lowest BCUT2D eigenvalue weighted by molar-refractivity contribution is -0.137. The summed E-state index contributed by atoms with van der Waals surface area (Å²) in [4.78, 5) is 23.3. The number of pyridine rings is 1. The smallest absolute Gasteiger partial charge is 0.379 e. The van der Waals surface area contributed by atoms with E-state index in [1.807, 2.05) is 4.90 Å². The molecule has 2 aliphatic heterocycles. The number of piperazine rings is 1. The zero-order chi connectivity index (χ0) is 27.3. The molecule has 2 aromatic rings. The van der Waals surface area contributed by atoms with E-state index in [2.05, 4.69) is 65.1 Å². The minimum atomic E-state index is -4.43. The van der Waals surface area contributed by atoms with E-state index in [1.54, 1.807) is 0 Å². The Morgan fingerprint density at radius 1 is 1.00 bits per heavy atom. The summed E-state index contributed by atoms with van der Waals surface area (Å²) in [5.41, 5.74) is 2.32. The number of halogens is 3. The fourth-order valence-corrected chi connectivity index (χ4v) is 5.25. The van der Waals surface area contributed by atoms with Crippen LogP contribution in [0.5, 0.6) is 0 Å². The predicted molar refractivity (Wildman–Crippen MR) is 145 cm³/mol. The Kier molecular flexibility index (Phi) is 8.85. The number of alkyl halides is 3. The largest absolute Gasteiger partial charge is 0.417 e. The fraction of sp³-hybridized carbons (Fsp3) is 0.586. The van der Waals surface area contributed by atoms with Crippen LogP contribution in [0.15, 0.2) is 42.7 Å².